The zero-order valence-corrected chi connectivity index (χ0v) is 17.5. The number of carbonyl (C=O) groups excluding carboxylic acids is 1. The summed E-state index contributed by atoms with van der Waals surface area (Å²) in [6, 6.07) is 9.04. The molecule has 0 radical (unpaired) electrons. The summed E-state index contributed by atoms with van der Waals surface area (Å²) in [6.07, 6.45) is 0. The van der Waals surface area contributed by atoms with E-state index in [0.29, 0.717) is 0 Å². The Morgan fingerprint density at radius 2 is 2.14 bits per heavy atom. The smallest absolute Gasteiger partial charge is 0.270 e. The molecule has 148 valence electrons. The second kappa shape index (κ2) is 8.69. The van der Waals surface area contributed by atoms with Crippen LogP contribution < -0.4 is 15.8 Å². The van der Waals surface area contributed by atoms with Crippen LogP contribution in [-0.2, 0) is 6.54 Å². The molecule has 0 atom stereocenters. The lowest BCUT2D eigenvalue weighted by Crippen LogP contribution is -2.24. The summed E-state index contributed by atoms with van der Waals surface area (Å²) in [5, 5.41) is 11.8. The molecule has 0 spiro atoms. The van der Waals surface area contributed by atoms with Gasteiger partial charge in [-0.1, -0.05) is 29.3 Å². The van der Waals surface area contributed by atoms with Gasteiger partial charge in [0.05, 0.1) is 16.7 Å². The van der Waals surface area contributed by atoms with E-state index in [1.54, 1.807) is 0 Å². The van der Waals surface area contributed by atoms with Crippen molar-refractivity contribution in [2.75, 3.05) is 5.73 Å². The van der Waals surface area contributed by atoms with Crippen molar-refractivity contribution >= 4 is 51.0 Å². The summed E-state index contributed by atoms with van der Waals surface area (Å²) in [6.45, 7) is -0.150. The Labute approximate surface area is 182 Å². The lowest BCUT2D eigenvalue weighted by Gasteiger charge is -2.13. The fourth-order valence-electron chi connectivity index (χ4n) is 2.39. The number of carbonyl (C=O) groups is 1. The number of rotatable bonds is 5. The first-order valence-electron chi connectivity index (χ1n) is 7.93. The van der Waals surface area contributed by atoms with Gasteiger partial charge in [0.1, 0.15) is 16.0 Å². The van der Waals surface area contributed by atoms with Gasteiger partial charge in [-0.3, -0.25) is 4.79 Å². The number of ether oxygens (including phenoxy) is 1. The molecule has 1 amide bonds. The number of nitrogens with zero attached hydrogens (tertiary/aromatic N) is 2. The van der Waals surface area contributed by atoms with Crippen LogP contribution in [0.1, 0.15) is 21.6 Å². The number of anilines is 1. The van der Waals surface area contributed by atoms with Gasteiger partial charge in [-0.05, 0) is 40.2 Å². The number of hydrogen-bond acceptors (Lipinski definition) is 5. The van der Waals surface area contributed by atoms with E-state index in [-0.39, 0.29) is 55.5 Å². The molecule has 1 aromatic heterocycles. The molecule has 0 unspecified atom stereocenters. The third-order valence-corrected chi connectivity index (χ3v) is 4.78. The Bertz CT molecular complexity index is 1150. The molecule has 0 aliphatic heterocycles. The van der Waals surface area contributed by atoms with Crippen LogP contribution in [0.3, 0.4) is 0 Å². The number of nitrogen functional groups attached to an aromatic ring is 1. The molecule has 0 fully saturated rings. The summed E-state index contributed by atoms with van der Waals surface area (Å²) in [5.74, 6) is -1.34. The molecule has 0 saturated carbocycles. The molecule has 3 rings (SSSR count). The van der Waals surface area contributed by atoms with Crippen molar-refractivity contribution in [1.29, 1.82) is 5.26 Å². The number of amides is 1. The van der Waals surface area contributed by atoms with Crippen molar-refractivity contribution in [3.8, 4) is 17.6 Å². The van der Waals surface area contributed by atoms with Crippen molar-refractivity contribution in [1.82, 2.24) is 15.3 Å². The van der Waals surface area contributed by atoms with Crippen molar-refractivity contribution in [2.45, 2.75) is 6.54 Å². The highest BCUT2D eigenvalue weighted by Gasteiger charge is 2.18. The number of nitrogens with two attached hydrogens (primary N) is 1. The van der Waals surface area contributed by atoms with Crippen LogP contribution in [-0.4, -0.2) is 15.9 Å². The van der Waals surface area contributed by atoms with E-state index in [0.717, 1.165) is 0 Å². The molecule has 0 bridgehead atoms. The molecule has 3 aromatic rings. The Morgan fingerprint density at radius 1 is 1.38 bits per heavy atom. The standard InChI is InChI=1S/C18H11BrCl2FN5O2/c19-16-14(26-18(24)27-16)17(28)25-7-9-1-2-12(21)15(13(9)22)29-11-4-8(6-23)3-10(20)5-11/h1-5H,7H2,(H,25,28)(H3,24,26,27). The predicted octanol–water partition coefficient (Wildman–Crippen LogP) is 4.79. The van der Waals surface area contributed by atoms with E-state index >= 15 is 0 Å². The maximum Gasteiger partial charge on any atom is 0.270 e. The zero-order chi connectivity index (χ0) is 21.1. The highest BCUT2D eigenvalue weighted by molar-refractivity contribution is 9.10. The number of nitrogens with one attached hydrogen (secondary N) is 2. The third kappa shape index (κ3) is 4.79. The third-order valence-electron chi connectivity index (χ3n) is 3.69. The number of halogens is 4. The summed E-state index contributed by atoms with van der Waals surface area (Å²) >= 11 is 15.1. The van der Waals surface area contributed by atoms with Gasteiger partial charge < -0.3 is 20.8 Å². The van der Waals surface area contributed by atoms with Gasteiger partial charge in [0.2, 0.25) is 0 Å². The van der Waals surface area contributed by atoms with Crippen LogP contribution in [0, 0.1) is 17.1 Å². The van der Waals surface area contributed by atoms with E-state index < -0.39 is 11.7 Å². The Morgan fingerprint density at radius 3 is 2.79 bits per heavy atom. The van der Waals surface area contributed by atoms with Gasteiger partial charge in [0.25, 0.3) is 5.91 Å². The topological polar surface area (TPSA) is 117 Å². The second-order valence-corrected chi connectivity index (χ2v) is 7.30. The predicted molar refractivity (Wildman–Crippen MR) is 110 cm³/mol. The minimum Gasteiger partial charge on any atom is -0.453 e. The molecule has 0 aliphatic carbocycles. The average Bonchev–Trinajstić information content (AvgIpc) is 3.02. The minimum atomic E-state index is -0.764. The zero-order valence-electron chi connectivity index (χ0n) is 14.4. The molecule has 4 N–H and O–H groups in total. The van der Waals surface area contributed by atoms with E-state index in [2.05, 4.69) is 31.2 Å². The number of aromatic nitrogens is 2. The quantitative estimate of drug-likeness (QED) is 0.467. The molecule has 7 nitrogen and oxygen atoms in total. The maximum absolute atomic E-state index is 14.9. The van der Waals surface area contributed by atoms with Crippen LogP contribution in [0.2, 0.25) is 10.0 Å². The van der Waals surface area contributed by atoms with Crippen LogP contribution in [0.5, 0.6) is 11.5 Å². The number of H-pyrrole nitrogens is 1. The molecule has 1 heterocycles. The van der Waals surface area contributed by atoms with E-state index in [1.807, 2.05) is 6.07 Å². The number of imidazole rings is 1. The van der Waals surface area contributed by atoms with Crippen molar-refractivity contribution in [2.24, 2.45) is 0 Å². The first kappa shape index (κ1) is 20.9. The van der Waals surface area contributed by atoms with Crippen molar-refractivity contribution in [3.05, 3.63) is 67.6 Å². The van der Waals surface area contributed by atoms with E-state index in [4.69, 9.17) is 38.9 Å². The first-order chi connectivity index (χ1) is 13.8. The normalized spacial score (nSPS) is 10.4. The number of hydrogen-bond donors (Lipinski definition) is 3. The maximum atomic E-state index is 14.9. The Kier molecular flexibility index (Phi) is 6.27. The Hall–Kier alpha value is -2.80. The van der Waals surface area contributed by atoms with Crippen molar-refractivity contribution < 1.29 is 13.9 Å². The van der Waals surface area contributed by atoms with Crippen LogP contribution >= 0.6 is 39.1 Å². The van der Waals surface area contributed by atoms with E-state index in [1.165, 1.54) is 30.3 Å². The molecule has 29 heavy (non-hydrogen) atoms. The fourth-order valence-corrected chi connectivity index (χ4v) is 3.27. The second-order valence-electron chi connectivity index (χ2n) is 5.71. The highest BCUT2D eigenvalue weighted by atomic mass is 79.9. The number of nitriles is 1. The minimum absolute atomic E-state index is 0.0140. The monoisotopic (exact) mass is 497 g/mol. The van der Waals surface area contributed by atoms with Crippen LogP contribution in [0.4, 0.5) is 10.3 Å². The molecular formula is C18H11BrCl2FN5O2. The van der Waals surface area contributed by atoms with Crippen LogP contribution in [0.25, 0.3) is 0 Å². The average molecular weight is 499 g/mol. The highest BCUT2D eigenvalue weighted by Crippen LogP contribution is 2.35. The number of benzene rings is 2. The summed E-state index contributed by atoms with van der Waals surface area (Å²) in [5.41, 5.74) is 5.98. The molecular weight excluding hydrogens is 488 g/mol. The lowest BCUT2D eigenvalue weighted by atomic mass is 10.2. The first-order valence-corrected chi connectivity index (χ1v) is 9.48. The molecule has 2 aromatic carbocycles. The van der Waals surface area contributed by atoms with Gasteiger partial charge >= 0.3 is 0 Å². The summed E-state index contributed by atoms with van der Waals surface area (Å²) in [4.78, 5) is 18.6. The SMILES string of the molecule is N#Cc1cc(Cl)cc(Oc2c(Cl)ccc(CNC(=O)c3[nH]c(N)nc3Br)c2F)c1. The summed E-state index contributed by atoms with van der Waals surface area (Å²) < 4.78 is 20.7. The summed E-state index contributed by atoms with van der Waals surface area (Å²) in [7, 11) is 0. The molecule has 11 heteroatoms. The van der Waals surface area contributed by atoms with Gasteiger partial charge in [-0.15, -0.1) is 0 Å². The largest absolute Gasteiger partial charge is 0.453 e. The van der Waals surface area contributed by atoms with E-state index in [9.17, 15) is 9.18 Å². The van der Waals surface area contributed by atoms with Crippen LogP contribution in [0.15, 0.2) is 34.9 Å². The van der Waals surface area contributed by atoms with Gasteiger partial charge in [0, 0.05) is 17.1 Å². The fraction of sp³-hybridized carbons (Fsp3) is 0.0556. The van der Waals surface area contributed by atoms with Gasteiger partial charge in [-0.2, -0.15) is 5.26 Å². The lowest BCUT2D eigenvalue weighted by molar-refractivity contribution is 0.0945. The molecule has 0 saturated heterocycles. The Balaban J connectivity index is 1.82. The van der Waals surface area contributed by atoms with Gasteiger partial charge in [0.15, 0.2) is 17.5 Å². The van der Waals surface area contributed by atoms with Crippen molar-refractivity contribution in [3.63, 3.8) is 0 Å². The van der Waals surface area contributed by atoms with Gasteiger partial charge in [-0.25, -0.2) is 9.37 Å². The number of aromatic amines is 1. The molecule has 0 aliphatic rings.